The van der Waals surface area contributed by atoms with Gasteiger partial charge in [0, 0.05) is 10.6 Å². The van der Waals surface area contributed by atoms with Gasteiger partial charge in [-0.1, -0.05) is 25.4 Å². The fourth-order valence-corrected chi connectivity index (χ4v) is 2.34. The molecule has 0 radical (unpaired) electrons. The highest BCUT2D eigenvalue weighted by atomic mass is 35.5. The Labute approximate surface area is 144 Å². The van der Waals surface area contributed by atoms with Crippen LogP contribution in [-0.4, -0.2) is 28.0 Å². The molecule has 0 aliphatic heterocycles. The van der Waals surface area contributed by atoms with Crippen molar-refractivity contribution in [3.8, 4) is 11.5 Å². The standard InChI is InChI=1S/C17H19ClN2O4/c1-10(2)7-14(17(22)23)20-15(21)8-13-9-24-16(19-13)11-3-5-12(18)6-4-11/h3-6,9-10,14H,7-8H2,1-2H3,(H,20,21)(H,22,23)/t14-/m1/s1. The largest absolute Gasteiger partial charge is 0.480 e. The van der Waals surface area contributed by atoms with Crippen molar-refractivity contribution in [2.24, 2.45) is 5.92 Å². The van der Waals surface area contributed by atoms with E-state index >= 15 is 0 Å². The molecule has 1 heterocycles. The number of aliphatic carboxylic acids is 1. The smallest absolute Gasteiger partial charge is 0.326 e. The van der Waals surface area contributed by atoms with Crippen LogP contribution in [0.3, 0.4) is 0 Å². The molecule has 2 rings (SSSR count). The molecule has 1 amide bonds. The van der Waals surface area contributed by atoms with Crippen molar-refractivity contribution in [3.63, 3.8) is 0 Å². The van der Waals surface area contributed by atoms with Gasteiger partial charge in [0.15, 0.2) is 0 Å². The SMILES string of the molecule is CC(C)C[C@@H](NC(=O)Cc1coc(-c2ccc(Cl)cc2)n1)C(=O)O. The molecule has 0 saturated carbocycles. The van der Waals surface area contributed by atoms with E-state index in [1.165, 1.54) is 6.26 Å². The maximum atomic E-state index is 12.0. The second-order valence-corrected chi connectivity index (χ2v) is 6.35. The van der Waals surface area contributed by atoms with Gasteiger partial charge in [-0.25, -0.2) is 9.78 Å². The van der Waals surface area contributed by atoms with Gasteiger partial charge in [0.1, 0.15) is 12.3 Å². The molecule has 2 aromatic rings. The summed E-state index contributed by atoms with van der Waals surface area (Å²) in [6.07, 6.45) is 1.72. The van der Waals surface area contributed by atoms with E-state index in [1.54, 1.807) is 24.3 Å². The predicted octanol–water partition coefficient (Wildman–Crippen LogP) is 3.15. The van der Waals surface area contributed by atoms with E-state index < -0.39 is 17.9 Å². The number of hydrogen-bond donors (Lipinski definition) is 2. The van der Waals surface area contributed by atoms with E-state index in [0.717, 1.165) is 5.56 Å². The zero-order valence-electron chi connectivity index (χ0n) is 13.5. The number of oxazole rings is 1. The number of carbonyl (C=O) groups excluding carboxylic acids is 1. The number of halogens is 1. The van der Waals surface area contributed by atoms with Crippen molar-refractivity contribution in [2.45, 2.75) is 32.7 Å². The number of rotatable bonds is 7. The number of hydrogen-bond acceptors (Lipinski definition) is 4. The van der Waals surface area contributed by atoms with E-state index in [9.17, 15) is 9.59 Å². The van der Waals surface area contributed by atoms with Crippen LogP contribution in [0.2, 0.25) is 5.02 Å². The maximum Gasteiger partial charge on any atom is 0.326 e. The van der Waals surface area contributed by atoms with E-state index in [0.29, 0.717) is 23.0 Å². The van der Waals surface area contributed by atoms with E-state index in [1.807, 2.05) is 13.8 Å². The molecule has 7 heteroatoms. The van der Waals surface area contributed by atoms with Crippen molar-refractivity contribution in [3.05, 3.63) is 41.2 Å². The van der Waals surface area contributed by atoms with Crippen LogP contribution >= 0.6 is 11.6 Å². The Balaban J connectivity index is 1.99. The highest BCUT2D eigenvalue weighted by Gasteiger charge is 2.21. The number of carboxylic acid groups (broad SMARTS) is 1. The quantitative estimate of drug-likeness (QED) is 0.800. The molecule has 1 atom stereocenters. The van der Waals surface area contributed by atoms with Crippen LogP contribution in [0.1, 0.15) is 26.0 Å². The number of carbonyl (C=O) groups is 2. The summed E-state index contributed by atoms with van der Waals surface area (Å²) in [6, 6.07) is 6.07. The van der Waals surface area contributed by atoms with Crippen LogP contribution in [0.15, 0.2) is 34.9 Å². The van der Waals surface area contributed by atoms with Crippen LogP contribution < -0.4 is 5.32 Å². The van der Waals surface area contributed by atoms with Crippen molar-refractivity contribution in [2.75, 3.05) is 0 Å². The van der Waals surface area contributed by atoms with Crippen LogP contribution in [0, 0.1) is 5.92 Å². The molecule has 0 aliphatic rings. The number of nitrogens with one attached hydrogen (secondary N) is 1. The third kappa shape index (κ3) is 5.09. The van der Waals surface area contributed by atoms with Crippen LogP contribution in [0.25, 0.3) is 11.5 Å². The Morgan fingerprint density at radius 3 is 2.54 bits per heavy atom. The molecule has 0 fully saturated rings. The normalized spacial score (nSPS) is 12.2. The summed E-state index contributed by atoms with van der Waals surface area (Å²) in [4.78, 5) is 27.5. The number of aromatic nitrogens is 1. The lowest BCUT2D eigenvalue weighted by atomic mass is 10.0. The minimum Gasteiger partial charge on any atom is -0.480 e. The summed E-state index contributed by atoms with van der Waals surface area (Å²) >= 11 is 5.83. The molecular formula is C17H19ClN2O4. The van der Waals surface area contributed by atoms with E-state index in [4.69, 9.17) is 21.1 Å². The van der Waals surface area contributed by atoms with E-state index in [-0.39, 0.29) is 12.3 Å². The highest BCUT2D eigenvalue weighted by Crippen LogP contribution is 2.21. The monoisotopic (exact) mass is 350 g/mol. The third-order valence-corrected chi connectivity index (χ3v) is 3.58. The predicted molar refractivity (Wildman–Crippen MR) is 89.7 cm³/mol. The average molecular weight is 351 g/mol. The molecule has 24 heavy (non-hydrogen) atoms. The molecule has 0 bridgehead atoms. The Hall–Kier alpha value is -2.34. The van der Waals surface area contributed by atoms with Gasteiger partial charge in [0.25, 0.3) is 0 Å². The zero-order valence-corrected chi connectivity index (χ0v) is 14.2. The lowest BCUT2D eigenvalue weighted by Crippen LogP contribution is -2.42. The molecule has 0 unspecified atom stereocenters. The third-order valence-electron chi connectivity index (χ3n) is 3.33. The summed E-state index contributed by atoms with van der Waals surface area (Å²) in [6.45, 7) is 3.80. The summed E-state index contributed by atoms with van der Waals surface area (Å²) < 4.78 is 5.36. The first-order valence-corrected chi connectivity index (χ1v) is 7.95. The first kappa shape index (κ1) is 18.0. The molecule has 1 aromatic heterocycles. The number of benzene rings is 1. The van der Waals surface area contributed by atoms with Crippen molar-refractivity contribution in [1.82, 2.24) is 10.3 Å². The lowest BCUT2D eigenvalue weighted by molar-refractivity contribution is -0.142. The second kappa shape index (κ2) is 7.97. The number of nitrogens with zero attached hydrogens (tertiary/aromatic N) is 1. The van der Waals surface area contributed by atoms with Gasteiger partial charge in [0.2, 0.25) is 11.8 Å². The van der Waals surface area contributed by atoms with Gasteiger partial charge in [-0.2, -0.15) is 0 Å². The van der Waals surface area contributed by atoms with Crippen molar-refractivity contribution >= 4 is 23.5 Å². The Bertz CT molecular complexity index is 710. The minimum atomic E-state index is -1.04. The Morgan fingerprint density at radius 1 is 1.29 bits per heavy atom. The van der Waals surface area contributed by atoms with Crippen LogP contribution in [0.5, 0.6) is 0 Å². The highest BCUT2D eigenvalue weighted by molar-refractivity contribution is 6.30. The van der Waals surface area contributed by atoms with E-state index in [2.05, 4.69) is 10.3 Å². The molecule has 0 spiro atoms. The van der Waals surface area contributed by atoms with Gasteiger partial charge < -0.3 is 14.8 Å². The number of amides is 1. The lowest BCUT2D eigenvalue weighted by Gasteiger charge is -2.15. The van der Waals surface area contributed by atoms with Crippen molar-refractivity contribution in [1.29, 1.82) is 0 Å². The van der Waals surface area contributed by atoms with Crippen LogP contribution in [-0.2, 0) is 16.0 Å². The van der Waals surface area contributed by atoms with Crippen molar-refractivity contribution < 1.29 is 19.1 Å². The zero-order chi connectivity index (χ0) is 17.7. The minimum absolute atomic E-state index is 0.0427. The molecule has 128 valence electrons. The average Bonchev–Trinajstić information content (AvgIpc) is 2.95. The Morgan fingerprint density at radius 2 is 1.96 bits per heavy atom. The van der Waals surface area contributed by atoms with Gasteiger partial charge >= 0.3 is 5.97 Å². The fraction of sp³-hybridized carbons (Fsp3) is 0.353. The molecule has 1 aromatic carbocycles. The van der Waals surface area contributed by atoms with Gasteiger partial charge in [-0.05, 0) is 36.6 Å². The summed E-state index contributed by atoms with van der Waals surface area (Å²) in [5, 5.41) is 12.3. The summed E-state index contributed by atoms with van der Waals surface area (Å²) in [5.74, 6) is -0.903. The maximum absolute atomic E-state index is 12.0. The topological polar surface area (TPSA) is 92.4 Å². The second-order valence-electron chi connectivity index (χ2n) is 5.92. The first-order valence-electron chi connectivity index (χ1n) is 7.57. The molecule has 0 saturated heterocycles. The molecule has 6 nitrogen and oxygen atoms in total. The van der Waals surface area contributed by atoms with Gasteiger partial charge in [-0.3, -0.25) is 4.79 Å². The molecular weight excluding hydrogens is 332 g/mol. The fourth-order valence-electron chi connectivity index (χ4n) is 2.22. The molecule has 0 aliphatic carbocycles. The Kier molecular flexibility index (Phi) is 5.98. The van der Waals surface area contributed by atoms with Gasteiger partial charge in [0.05, 0.1) is 12.1 Å². The van der Waals surface area contributed by atoms with Gasteiger partial charge in [-0.15, -0.1) is 0 Å². The molecule has 2 N–H and O–H groups in total. The summed E-state index contributed by atoms with van der Waals surface area (Å²) in [5.41, 5.74) is 1.18. The van der Waals surface area contributed by atoms with Crippen LogP contribution in [0.4, 0.5) is 0 Å². The first-order chi connectivity index (χ1) is 11.3. The summed E-state index contributed by atoms with van der Waals surface area (Å²) in [7, 11) is 0. The number of carboxylic acids is 1.